The van der Waals surface area contributed by atoms with Crippen LogP contribution in [-0.2, 0) is 4.79 Å². The van der Waals surface area contributed by atoms with Crippen LogP contribution < -0.4 is 5.32 Å². The number of nitrogens with one attached hydrogen (secondary N) is 2. The molecule has 4 nitrogen and oxygen atoms in total. The molecular weight excluding hydrogens is 166 g/mol. The average molecular weight is 175 g/mol. The molecule has 1 amide bonds. The number of pyridine rings is 1. The first-order chi connectivity index (χ1) is 6.27. The van der Waals surface area contributed by atoms with E-state index in [2.05, 4.69) is 15.3 Å². The lowest BCUT2D eigenvalue weighted by molar-refractivity contribution is -0.114. The minimum absolute atomic E-state index is 0.110. The third kappa shape index (κ3) is 1.38. The second-order valence-corrected chi connectivity index (χ2v) is 2.78. The van der Waals surface area contributed by atoms with Gasteiger partial charge < -0.3 is 10.3 Å². The molecule has 0 aromatic carbocycles. The van der Waals surface area contributed by atoms with Crippen LogP contribution in [0.5, 0.6) is 0 Å². The molecule has 0 spiro atoms. The third-order valence-electron chi connectivity index (χ3n) is 1.77. The van der Waals surface area contributed by atoms with Crippen LogP contribution in [0.15, 0.2) is 24.5 Å². The van der Waals surface area contributed by atoms with E-state index in [1.165, 1.54) is 6.92 Å². The number of H-pyrrole nitrogens is 1. The second-order valence-electron chi connectivity index (χ2n) is 2.78. The maximum Gasteiger partial charge on any atom is 0.222 e. The summed E-state index contributed by atoms with van der Waals surface area (Å²) in [5.74, 6) is 0.493. The molecule has 0 atom stereocenters. The first-order valence-electron chi connectivity index (χ1n) is 3.97. The summed E-state index contributed by atoms with van der Waals surface area (Å²) in [6, 6.07) is 3.74. The Kier molecular flexibility index (Phi) is 1.73. The van der Waals surface area contributed by atoms with E-state index in [1.807, 2.05) is 18.3 Å². The molecule has 0 unspecified atom stereocenters. The van der Waals surface area contributed by atoms with Crippen LogP contribution in [-0.4, -0.2) is 15.9 Å². The van der Waals surface area contributed by atoms with E-state index in [0.29, 0.717) is 5.82 Å². The van der Waals surface area contributed by atoms with Gasteiger partial charge in [0.2, 0.25) is 5.91 Å². The zero-order valence-electron chi connectivity index (χ0n) is 7.16. The van der Waals surface area contributed by atoms with Gasteiger partial charge in [0.05, 0.1) is 5.52 Å². The van der Waals surface area contributed by atoms with Crippen molar-refractivity contribution in [1.82, 2.24) is 9.97 Å². The largest absolute Gasteiger partial charge is 0.361 e. The SMILES string of the molecule is CC(=O)Nc1nccc2[nH]ccc12. The molecule has 0 aliphatic carbocycles. The molecule has 2 aromatic heterocycles. The Balaban J connectivity index is 2.54. The first-order valence-corrected chi connectivity index (χ1v) is 3.97. The Bertz CT molecular complexity index is 447. The van der Waals surface area contributed by atoms with Crippen molar-refractivity contribution in [2.75, 3.05) is 5.32 Å². The van der Waals surface area contributed by atoms with Crippen molar-refractivity contribution in [3.05, 3.63) is 24.5 Å². The lowest BCUT2D eigenvalue weighted by Gasteiger charge is -2.01. The van der Waals surface area contributed by atoms with E-state index < -0.39 is 0 Å². The summed E-state index contributed by atoms with van der Waals surface area (Å²) in [5.41, 5.74) is 0.971. The molecule has 0 bridgehead atoms. The van der Waals surface area contributed by atoms with Gasteiger partial charge in [-0.2, -0.15) is 0 Å². The molecule has 0 saturated heterocycles. The maximum absolute atomic E-state index is 10.8. The fraction of sp³-hybridized carbons (Fsp3) is 0.111. The Morgan fingerprint density at radius 3 is 3.15 bits per heavy atom. The second kappa shape index (κ2) is 2.90. The number of anilines is 1. The van der Waals surface area contributed by atoms with Crippen molar-refractivity contribution in [3.63, 3.8) is 0 Å². The van der Waals surface area contributed by atoms with Gasteiger partial charge in [0, 0.05) is 24.7 Å². The van der Waals surface area contributed by atoms with Gasteiger partial charge in [0.1, 0.15) is 5.82 Å². The highest BCUT2D eigenvalue weighted by molar-refractivity contribution is 5.98. The lowest BCUT2D eigenvalue weighted by atomic mass is 10.3. The molecule has 0 aliphatic heterocycles. The summed E-state index contributed by atoms with van der Waals surface area (Å²) in [6.45, 7) is 1.47. The van der Waals surface area contributed by atoms with Crippen molar-refractivity contribution in [3.8, 4) is 0 Å². The van der Waals surface area contributed by atoms with Crippen molar-refractivity contribution in [2.24, 2.45) is 0 Å². The van der Waals surface area contributed by atoms with Gasteiger partial charge in [-0.3, -0.25) is 4.79 Å². The molecule has 2 rings (SSSR count). The summed E-state index contributed by atoms with van der Waals surface area (Å²) in [5, 5.41) is 3.59. The highest BCUT2D eigenvalue weighted by Crippen LogP contribution is 2.18. The van der Waals surface area contributed by atoms with Gasteiger partial charge >= 0.3 is 0 Å². The molecular formula is C9H9N3O. The van der Waals surface area contributed by atoms with Crippen LogP contribution >= 0.6 is 0 Å². The molecule has 2 heterocycles. The predicted octanol–water partition coefficient (Wildman–Crippen LogP) is 1.52. The average Bonchev–Trinajstić information content (AvgIpc) is 2.51. The van der Waals surface area contributed by atoms with E-state index in [0.717, 1.165) is 10.9 Å². The molecule has 2 aromatic rings. The van der Waals surface area contributed by atoms with E-state index in [9.17, 15) is 4.79 Å². The third-order valence-corrected chi connectivity index (χ3v) is 1.77. The molecule has 13 heavy (non-hydrogen) atoms. The number of amides is 1. The van der Waals surface area contributed by atoms with Gasteiger partial charge in [-0.15, -0.1) is 0 Å². The minimum Gasteiger partial charge on any atom is -0.361 e. The molecule has 66 valence electrons. The van der Waals surface area contributed by atoms with Crippen LogP contribution in [0.4, 0.5) is 5.82 Å². The van der Waals surface area contributed by atoms with Crippen molar-refractivity contribution < 1.29 is 4.79 Å². The molecule has 4 heteroatoms. The summed E-state index contributed by atoms with van der Waals surface area (Å²) in [7, 11) is 0. The summed E-state index contributed by atoms with van der Waals surface area (Å²) < 4.78 is 0. The first kappa shape index (κ1) is 7.79. The van der Waals surface area contributed by atoms with Crippen LogP contribution in [0.3, 0.4) is 0 Å². The van der Waals surface area contributed by atoms with Gasteiger partial charge in [-0.05, 0) is 12.1 Å². The van der Waals surface area contributed by atoms with Gasteiger partial charge in [0.15, 0.2) is 0 Å². The highest BCUT2D eigenvalue weighted by Gasteiger charge is 2.03. The van der Waals surface area contributed by atoms with Crippen LogP contribution in [0.2, 0.25) is 0 Å². The molecule has 0 radical (unpaired) electrons. The monoisotopic (exact) mass is 175 g/mol. The zero-order chi connectivity index (χ0) is 9.26. The Morgan fingerprint density at radius 1 is 1.54 bits per heavy atom. The van der Waals surface area contributed by atoms with Crippen molar-refractivity contribution in [2.45, 2.75) is 6.92 Å². The Hall–Kier alpha value is -1.84. The minimum atomic E-state index is -0.110. The topological polar surface area (TPSA) is 57.8 Å². The number of aromatic amines is 1. The molecule has 2 N–H and O–H groups in total. The fourth-order valence-electron chi connectivity index (χ4n) is 1.25. The number of nitrogens with zero attached hydrogens (tertiary/aromatic N) is 1. The van der Waals surface area contributed by atoms with Crippen LogP contribution in [0.1, 0.15) is 6.92 Å². The van der Waals surface area contributed by atoms with E-state index in [-0.39, 0.29) is 5.91 Å². The number of hydrogen-bond acceptors (Lipinski definition) is 2. The number of hydrogen-bond donors (Lipinski definition) is 2. The van der Waals surface area contributed by atoms with Crippen LogP contribution in [0.25, 0.3) is 10.9 Å². The smallest absolute Gasteiger partial charge is 0.222 e. The summed E-state index contributed by atoms with van der Waals surface area (Å²) in [4.78, 5) is 17.9. The van der Waals surface area contributed by atoms with Gasteiger partial charge in [0.25, 0.3) is 0 Å². The number of rotatable bonds is 1. The molecule has 0 aliphatic rings. The van der Waals surface area contributed by atoms with Gasteiger partial charge in [-0.25, -0.2) is 4.98 Å². The quantitative estimate of drug-likeness (QED) is 0.690. The molecule has 0 saturated carbocycles. The summed E-state index contributed by atoms with van der Waals surface area (Å²) >= 11 is 0. The Labute approximate surface area is 75.0 Å². The summed E-state index contributed by atoms with van der Waals surface area (Å²) in [6.07, 6.45) is 3.47. The van der Waals surface area contributed by atoms with Gasteiger partial charge in [-0.1, -0.05) is 0 Å². The number of carbonyl (C=O) groups is 1. The normalized spacial score (nSPS) is 10.2. The van der Waals surface area contributed by atoms with Crippen molar-refractivity contribution >= 4 is 22.6 Å². The highest BCUT2D eigenvalue weighted by atomic mass is 16.1. The van der Waals surface area contributed by atoms with Crippen molar-refractivity contribution in [1.29, 1.82) is 0 Å². The van der Waals surface area contributed by atoms with E-state index in [1.54, 1.807) is 6.20 Å². The fourth-order valence-corrected chi connectivity index (χ4v) is 1.25. The Morgan fingerprint density at radius 2 is 2.38 bits per heavy atom. The number of fused-ring (bicyclic) bond motifs is 1. The molecule has 0 fully saturated rings. The number of aromatic nitrogens is 2. The standard InChI is InChI=1S/C9H9N3O/c1-6(13)12-9-7-2-4-10-8(7)3-5-11-9/h2-5,10H,1H3,(H,11,12,13). The number of carbonyl (C=O) groups excluding carboxylic acids is 1. The maximum atomic E-state index is 10.8. The predicted molar refractivity (Wildman–Crippen MR) is 50.4 cm³/mol. The van der Waals surface area contributed by atoms with Crippen LogP contribution in [0, 0.1) is 0 Å². The van der Waals surface area contributed by atoms with E-state index in [4.69, 9.17) is 0 Å². The van der Waals surface area contributed by atoms with E-state index >= 15 is 0 Å². The zero-order valence-corrected chi connectivity index (χ0v) is 7.16. The lowest BCUT2D eigenvalue weighted by Crippen LogP contribution is -2.07.